The number of esters is 1. The minimum absolute atomic E-state index is 0.185. The molecule has 0 aromatic carbocycles. The van der Waals surface area contributed by atoms with Gasteiger partial charge in [0.05, 0.1) is 0 Å². The molecule has 0 amide bonds. The normalized spacial score (nSPS) is 16.3. The van der Waals surface area contributed by atoms with Crippen LogP contribution in [0.3, 0.4) is 0 Å². The summed E-state index contributed by atoms with van der Waals surface area (Å²) in [6.45, 7) is 11.1. The van der Waals surface area contributed by atoms with E-state index >= 15 is 0 Å². The fraction of sp³-hybridized carbons (Fsp3) is 0.875. The van der Waals surface area contributed by atoms with Gasteiger partial charge in [-0.3, -0.25) is 9.59 Å². The first-order valence-electron chi connectivity index (χ1n) is 7.61. The number of carbonyl (C=O) groups is 2. The van der Waals surface area contributed by atoms with Crippen LogP contribution in [0.15, 0.2) is 0 Å². The van der Waals surface area contributed by atoms with Crippen molar-refractivity contribution in [1.29, 1.82) is 0 Å². The molecule has 2 unspecified atom stereocenters. The SMILES string of the molecule is CCCCC(CC)OC(=O)C(CC)(C(=O)O)C(C)(C)C. The van der Waals surface area contributed by atoms with Gasteiger partial charge in [-0.1, -0.05) is 54.4 Å². The van der Waals surface area contributed by atoms with Crippen molar-refractivity contribution in [3.05, 3.63) is 0 Å². The largest absolute Gasteiger partial charge is 0.480 e. The van der Waals surface area contributed by atoms with Crippen molar-refractivity contribution in [2.75, 3.05) is 0 Å². The van der Waals surface area contributed by atoms with Gasteiger partial charge in [0.25, 0.3) is 0 Å². The number of hydrogen-bond donors (Lipinski definition) is 1. The summed E-state index contributed by atoms with van der Waals surface area (Å²) in [5.41, 5.74) is -2.17. The zero-order valence-electron chi connectivity index (χ0n) is 13.8. The second kappa shape index (κ2) is 7.65. The third-order valence-electron chi connectivity index (χ3n) is 4.13. The van der Waals surface area contributed by atoms with E-state index in [1.807, 2.05) is 6.92 Å². The highest BCUT2D eigenvalue weighted by Crippen LogP contribution is 2.43. The standard InChI is InChI=1S/C16H30O4/c1-7-10-11-12(8-2)20-14(19)16(9-3,13(17)18)15(4,5)6/h12H,7-11H2,1-6H3,(H,17,18). The minimum Gasteiger partial charge on any atom is -0.480 e. The van der Waals surface area contributed by atoms with E-state index in [0.717, 1.165) is 25.7 Å². The lowest BCUT2D eigenvalue weighted by Crippen LogP contribution is -2.50. The van der Waals surface area contributed by atoms with Gasteiger partial charge in [0, 0.05) is 0 Å². The third kappa shape index (κ3) is 3.97. The van der Waals surface area contributed by atoms with Crippen molar-refractivity contribution >= 4 is 11.9 Å². The maximum atomic E-state index is 12.5. The van der Waals surface area contributed by atoms with Crippen molar-refractivity contribution in [1.82, 2.24) is 0 Å². The molecule has 0 aliphatic carbocycles. The molecule has 0 spiro atoms. The van der Waals surface area contributed by atoms with Gasteiger partial charge < -0.3 is 9.84 Å². The van der Waals surface area contributed by atoms with Gasteiger partial charge in [-0.2, -0.15) is 0 Å². The molecule has 118 valence electrons. The molecule has 0 aromatic heterocycles. The average Bonchev–Trinajstić information content (AvgIpc) is 2.33. The van der Waals surface area contributed by atoms with E-state index in [9.17, 15) is 14.7 Å². The molecule has 0 heterocycles. The fourth-order valence-electron chi connectivity index (χ4n) is 2.57. The van der Waals surface area contributed by atoms with Gasteiger partial charge in [-0.05, 0) is 24.7 Å². The number of rotatable bonds is 8. The molecule has 0 aliphatic heterocycles. The molecule has 2 atom stereocenters. The molecule has 0 aliphatic rings. The van der Waals surface area contributed by atoms with E-state index in [1.54, 1.807) is 27.7 Å². The van der Waals surface area contributed by atoms with E-state index < -0.39 is 22.8 Å². The van der Waals surface area contributed by atoms with Gasteiger partial charge in [-0.25, -0.2) is 0 Å². The number of ether oxygens (including phenoxy) is 1. The van der Waals surface area contributed by atoms with Crippen LogP contribution in [0.4, 0.5) is 0 Å². The van der Waals surface area contributed by atoms with Crippen LogP contribution in [0.5, 0.6) is 0 Å². The molecule has 4 nitrogen and oxygen atoms in total. The highest BCUT2D eigenvalue weighted by molar-refractivity contribution is 6.00. The fourth-order valence-corrected chi connectivity index (χ4v) is 2.57. The van der Waals surface area contributed by atoms with E-state index in [-0.39, 0.29) is 12.5 Å². The van der Waals surface area contributed by atoms with Crippen molar-refractivity contribution < 1.29 is 19.4 Å². The predicted molar refractivity (Wildman–Crippen MR) is 79.5 cm³/mol. The van der Waals surface area contributed by atoms with Crippen LogP contribution in [0.1, 0.15) is 73.6 Å². The van der Waals surface area contributed by atoms with E-state index in [0.29, 0.717) is 0 Å². The molecule has 0 aromatic rings. The Morgan fingerprint density at radius 2 is 1.70 bits per heavy atom. The number of carboxylic acids is 1. The van der Waals surface area contributed by atoms with E-state index in [4.69, 9.17) is 4.74 Å². The second-order valence-corrected chi connectivity index (χ2v) is 6.39. The minimum atomic E-state index is -1.48. The van der Waals surface area contributed by atoms with Gasteiger partial charge in [-0.15, -0.1) is 0 Å². The van der Waals surface area contributed by atoms with Crippen molar-refractivity contribution in [3.63, 3.8) is 0 Å². The lowest BCUT2D eigenvalue weighted by atomic mass is 9.65. The zero-order chi connectivity index (χ0) is 16.0. The monoisotopic (exact) mass is 286 g/mol. The summed E-state index contributed by atoms with van der Waals surface area (Å²) < 4.78 is 5.53. The molecular weight excluding hydrogens is 256 g/mol. The Morgan fingerprint density at radius 1 is 1.15 bits per heavy atom. The Kier molecular flexibility index (Phi) is 7.25. The van der Waals surface area contributed by atoms with E-state index in [1.165, 1.54) is 0 Å². The maximum absolute atomic E-state index is 12.5. The van der Waals surface area contributed by atoms with Crippen LogP contribution in [0.25, 0.3) is 0 Å². The lowest BCUT2D eigenvalue weighted by Gasteiger charge is -2.38. The summed E-state index contributed by atoms with van der Waals surface area (Å²) in [6, 6.07) is 0. The number of unbranched alkanes of at least 4 members (excludes halogenated alkanes) is 1. The first-order valence-corrected chi connectivity index (χ1v) is 7.61. The summed E-state index contributed by atoms with van der Waals surface area (Å²) in [5, 5.41) is 9.59. The zero-order valence-corrected chi connectivity index (χ0v) is 13.8. The molecule has 0 saturated heterocycles. The number of hydrogen-bond acceptors (Lipinski definition) is 3. The first-order chi connectivity index (χ1) is 9.17. The lowest BCUT2D eigenvalue weighted by molar-refractivity contribution is -0.182. The van der Waals surface area contributed by atoms with Crippen LogP contribution in [-0.4, -0.2) is 23.1 Å². The van der Waals surface area contributed by atoms with Crippen LogP contribution < -0.4 is 0 Å². The molecule has 0 radical (unpaired) electrons. The Morgan fingerprint density at radius 3 is 2.00 bits per heavy atom. The quantitative estimate of drug-likeness (QED) is 0.540. The Hall–Kier alpha value is -1.06. The maximum Gasteiger partial charge on any atom is 0.324 e. The molecule has 1 N–H and O–H groups in total. The Balaban J connectivity index is 5.21. The summed E-state index contributed by atoms with van der Waals surface area (Å²) in [6.07, 6.45) is 3.57. The van der Waals surface area contributed by atoms with Gasteiger partial charge in [0.15, 0.2) is 5.41 Å². The van der Waals surface area contributed by atoms with Crippen molar-refractivity contribution in [2.45, 2.75) is 79.8 Å². The van der Waals surface area contributed by atoms with Crippen LogP contribution in [-0.2, 0) is 14.3 Å². The number of aliphatic carboxylic acids is 1. The summed E-state index contributed by atoms with van der Waals surface area (Å²) in [5.74, 6) is -1.69. The highest BCUT2D eigenvalue weighted by atomic mass is 16.5. The summed E-state index contributed by atoms with van der Waals surface area (Å²) in [4.78, 5) is 24.2. The van der Waals surface area contributed by atoms with Crippen molar-refractivity contribution in [2.24, 2.45) is 10.8 Å². The van der Waals surface area contributed by atoms with Gasteiger partial charge in [0.1, 0.15) is 6.10 Å². The van der Waals surface area contributed by atoms with Crippen LogP contribution in [0, 0.1) is 10.8 Å². The topological polar surface area (TPSA) is 63.6 Å². The molecule has 0 saturated carbocycles. The van der Waals surface area contributed by atoms with Gasteiger partial charge in [0.2, 0.25) is 0 Å². The first kappa shape index (κ1) is 18.9. The second-order valence-electron chi connectivity index (χ2n) is 6.39. The Labute approximate surface area is 122 Å². The molecule has 4 heteroatoms. The summed E-state index contributed by atoms with van der Waals surface area (Å²) in [7, 11) is 0. The molecule has 0 rings (SSSR count). The molecule has 0 bridgehead atoms. The molecule has 20 heavy (non-hydrogen) atoms. The average molecular weight is 286 g/mol. The van der Waals surface area contributed by atoms with E-state index in [2.05, 4.69) is 6.92 Å². The predicted octanol–water partition coefficient (Wildman–Crippen LogP) is 4.03. The Bertz CT molecular complexity index is 330. The third-order valence-corrected chi connectivity index (χ3v) is 4.13. The van der Waals surface area contributed by atoms with Gasteiger partial charge >= 0.3 is 11.9 Å². The van der Waals surface area contributed by atoms with Crippen LogP contribution in [0.2, 0.25) is 0 Å². The van der Waals surface area contributed by atoms with Crippen LogP contribution >= 0.6 is 0 Å². The highest BCUT2D eigenvalue weighted by Gasteiger charge is 2.55. The smallest absolute Gasteiger partial charge is 0.324 e. The molecular formula is C16H30O4. The molecule has 0 fully saturated rings. The van der Waals surface area contributed by atoms with Crippen molar-refractivity contribution in [3.8, 4) is 0 Å². The number of carboxylic acid groups (broad SMARTS) is 1. The number of carbonyl (C=O) groups excluding carboxylic acids is 1. The summed E-state index contributed by atoms with van der Waals surface area (Å²) >= 11 is 0.